The number of carbonyl (C=O) groups is 1. The first-order valence-electron chi connectivity index (χ1n) is 10.6. The molecule has 4 rings (SSSR count). The Morgan fingerprint density at radius 1 is 1.00 bits per heavy atom. The molecule has 1 amide bonds. The molecule has 1 fully saturated rings. The Hall–Kier alpha value is -3.31. The number of piperazine rings is 1. The van der Waals surface area contributed by atoms with Crippen LogP contribution in [0.4, 0.5) is 10.8 Å². The number of benzene rings is 2. The third-order valence-corrected chi connectivity index (χ3v) is 8.11. The lowest BCUT2D eigenvalue weighted by Gasteiger charge is -2.36. The fourth-order valence-corrected chi connectivity index (χ4v) is 5.86. The van der Waals surface area contributed by atoms with Crippen molar-refractivity contribution < 1.29 is 22.7 Å². The third kappa shape index (κ3) is 5.10. The van der Waals surface area contributed by atoms with Crippen LogP contribution in [0.1, 0.15) is 15.4 Å². The van der Waals surface area contributed by atoms with Crippen LogP contribution in [-0.4, -0.2) is 64.6 Å². The smallest absolute Gasteiger partial charge is 0.266 e. The van der Waals surface area contributed by atoms with Gasteiger partial charge in [-0.3, -0.25) is 9.52 Å². The number of sulfonamides is 1. The number of aryl methyl sites for hydroxylation is 1. The molecule has 180 valence electrons. The maximum Gasteiger partial charge on any atom is 0.266 e. The van der Waals surface area contributed by atoms with E-state index >= 15 is 0 Å². The van der Waals surface area contributed by atoms with Crippen molar-refractivity contribution >= 4 is 38.1 Å². The van der Waals surface area contributed by atoms with E-state index in [-0.39, 0.29) is 15.9 Å². The number of hydrogen-bond donors (Lipinski definition) is 1. The van der Waals surface area contributed by atoms with E-state index in [0.29, 0.717) is 42.5 Å². The normalized spacial score (nSPS) is 14.1. The number of methoxy groups -OCH3 is 2. The molecule has 0 saturated carbocycles. The Balaban J connectivity index is 1.42. The number of thiazole rings is 1. The maximum atomic E-state index is 13.2. The minimum atomic E-state index is -3.84. The zero-order chi connectivity index (χ0) is 24.3. The van der Waals surface area contributed by atoms with Crippen molar-refractivity contribution in [2.45, 2.75) is 11.8 Å². The molecule has 2 heterocycles. The van der Waals surface area contributed by atoms with Crippen molar-refractivity contribution in [2.24, 2.45) is 0 Å². The molecule has 0 atom stereocenters. The van der Waals surface area contributed by atoms with Crippen LogP contribution in [0.25, 0.3) is 0 Å². The first-order chi connectivity index (χ1) is 16.3. The van der Waals surface area contributed by atoms with E-state index in [9.17, 15) is 13.2 Å². The molecular weight excluding hydrogens is 476 g/mol. The van der Waals surface area contributed by atoms with Crippen molar-refractivity contribution in [2.75, 3.05) is 50.0 Å². The minimum Gasteiger partial charge on any atom is -0.497 e. The van der Waals surface area contributed by atoms with Crippen molar-refractivity contribution in [3.63, 3.8) is 0 Å². The molecule has 1 aliphatic heterocycles. The summed E-state index contributed by atoms with van der Waals surface area (Å²) in [7, 11) is -0.687. The van der Waals surface area contributed by atoms with Crippen LogP contribution in [0, 0.1) is 6.92 Å². The quantitative estimate of drug-likeness (QED) is 0.529. The van der Waals surface area contributed by atoms with E-state index in [4.69, 9.17) is 9.47 Å². The van der Waals surface area contributed by atoms with E-state index in [1.807, 2.05) is 24.3 Å². The lowest BCUT2D eigenvalue weighted by Crippen LogP contribution is -2.48. The molecule has 9 nitrogen and oxygen atoms in total. The van der Waals surface area contributed by atoms with Gasteiger partial charge in [0, 0.05) is 37.9 Å². The Kier molecular flexibility index (Phi) is 6.94. The standard InChI is InChI=1S/C23H26N4O5S2/c1-16-21(33-23(24-16)25-34(29,30)20-9-7-18(31-2)8-10-20)22(28)27-13-11-26(12-14-27)17-5-4-6-19(15-17)32-3/h4-10,15H,11-14H2,1-3H3,(H,24,25). The second-order valence-electron chi connectivity index (χ2n) is 7.70. The van der Waals surface area contributed by atoms with E-state index in [1.54, 1.807) is 31.1 Å². The summed E-state index contributed by atoms with van der Waals surface area (Å²) in [6.07, 6.45) is 0. The zero-order valence-corrected chi connectivity index (χ0v) is 20.8. The number of nitrogens with zero attached hydrogens (tertiary/aromatic N) is 3. The predicted octanol–water partition coefficient (Wildman–Crippen LogP) is 3.23. The van der Waals surface area contributed by atoms with Gasteiger partial charge in [-0.15, -0.1) is 0 Å². The Morgan fingerprint density at radius 2 is 1.68 bits per heavy atom. The highest BCUT2D eigenvalue weighted by molar-refractivity contribution is 7.93. The number of ether oxygens (including phenoxy) is 2. The number of carbonyl (C=O) groups excluding carboxylic acids is 1. The van der Waals surface area contributed by atoms with Gasteiger partial charge in [0.15, 0.2) is 5.13 Å². The van der Waals surface area contributed by atoms with Crippen LogP contribution < -0.4 is 19.1 Å². The molecule has 1 aliphatic rings. The minimum absolute atomic E-state index is 0.0858. The van der Waals surface area contributed by atoms with E-state index < -0.39 is 10.0 Å². The first kappa shape index (κ1) is 23.8. The van der Waals surface area contributed by atoms with Crippen LogP contribution in [0.2, 0.25) is 0 Å². The van der Waals surface area contributed by atoms with E-state index in [0.717, 1.165) is 22.8 Å². The number of rotatable bonds is 7. The van der Waals surface area contributed by atoms with Crippen LogP contribution in [0.3, 0.4) is 0 Å². The fourth-order valence-electron chi connectivity index (χ4n) is 3.69. The molecular formula is C23H26N4O5S2. The average molecular weight is 503 g/mol. The van der Waals surface area contributed by atoms with Crippen molar-refractivity contribution in [1.82, 2.24) is 9.88 Å². The van der Waals surface area contributed by atoms with Crippen molar-refractivity contribution in [3.05, 3.63) is 59.1 Å². The topological polar surface area (TPSA) is 101 Å². The van der Waals surface area contributed by atoms with Crippen LogP contribution in [0.5, 0.6) is 11.5 Å². The van der Waals surface area contributed by atoms with Gasteiger partial charge in [-0.2, -0.15) is 0 Å². The molecule has 0 radical (unpaired) electrons. The summed E-state index contributed by atoms with van der Waals surface area (Å²) in [5, 5.41) is 0.159. The van der Waals surface area contributed by atoms with Gasteiger partial charge in [0.25, 0.3) is 15.9 Å². The van der Waals surface area contributed by atoms with E-state index in [1.165, 1.54) is 19.2 Å². The molecule has 0 unspecified atom stereocenters. The molecule has 11 heteroatoms. The van der Waals surface area contributed by atoms with Gasteiger partial charge in [-0.05, 0) is 43.3 Å². The molecule has 2 aromatic carbocycles. The molecule has 0 bridgehead atoms. The SMILES string of the molecule is COc1ccc(S(=O)(=O)Nc2nc(C)c(C(=O)N3CCN(c4cccc(OC)c4)CC3)s2)cc1. The molecule has 1 aromatic heterocycles. The summed E-state index contributed by atoms with van der Waals surface area (Å²) >= 11 is 1.05. The molecule has 3 aromatic rings. The number of amides is 1. The van der Waals surface area contributed by atoms with Gasteiger partial charge < -0.3 is 19.3 Å². The van der Waals surface area contributed by atoms with Crippen LogP contribution in [0.15, 0.2) is 53.4 Å². The third-order valence-electron chi connectivity index (χ3n) is 5.57. The first-order valence-corrected chi connectivity index (χ1v) is 12.9. The number of hydrogen-bond acceptors (Lipinski definition) is 8. The summed E-state index contributed by atoms with van der Waals surface area (Å²) in [6.45, 7) is 4.20. The molecule has 1 N–H and O–H groups in total. The molecule has 0 spiro atoms. The fraction of sp³-hybridized carbons (Fsp3) is 0.304. The highest BCUT2D eigenvalue weighted by Crippen LogP contribution is 2.28. The molecule has 1 saturated heterocycles. The average Bonchev–Trinajstić information content (AvgIpc) is 3.22. The second-order valence-corrected chi connectivity index (χ2v) is 10.4. The second kappa shape index (κ2) is 9.90. The molecule has 0 aliphatic carbocycles. The van der Waals surface area contributed by atoms with Crippen LogP contribution in [-0.2, 0) is 10.0 Å². The van der Waals surface area contributed by atoms with Gasteiger partial charge in [-0.25, -0.2) is 13.4 Å². The van der Waals surface area contributed by atoms with Crippen molar-refractivity contribution in [1.29, 1.82) is 0 Å². The monoisotopic (exact) mass is 502 g/mol. The summed E-state index contributed by atoms with van der Waals surface area (Å²) in [5.41, 5.74) is 1.55. The number of anilines is 2. The van der Waals surface area contributed by atoms with Gasteiger partial charge in [0.2, 0.25) is 0 Å². The Morgan fingerprint density at radius 3 is 2.32 bits per heavy atom. The Labute approximate surface area is 203 Å². The summed E-state index contributed by atoms with van der Waals surface area (Å²) in [6, 6.07) is 13.9. The Bertz CT molecular complexity index is 1270. The number of aromatic nitrogens is 1. The maximum absolute atomic E-state index is 13.2. The van der Waals surface area contributed by atoms with Gasteiger partial charge in [0.1, 0.15) is 16.4 Å². The molecule has 34 heavy (non-hydrogen) atoms. The highest BCUT2D eigenvalue weighted by Gasteiger charge is 2.27. The lowest BCUT2D eigenvalue weighted by atomic mass is 10.2. The van der Waals surface area contributed by atoms with E-state index in [2.05, 4.69) is 14.6 Å². The van der Waals surface area contributed by atoms with Gasteiger partial charge >= 0.3 is 0 Å². The lowest BCUT2D eigenvalue weighted by molar-refractivity contribution is 0.0750. The van der Waals surface area contributed by atoms with Crippen LogP contribution >= 0.6 is 11.3 Å². The summed E-state index contributed by atoms with van der Waals surface area (Å²) in [4.78, 5) is 21.9. The number of nitrogens with one attached hydrogen (secondary N) is 1. The van der Waals surface area contributed by atoms with Gasteiger partial charge in [-0.1, -0.05) is 17.4 Å². The summed E-state index contributed by atoms with van der Waals surface area (Å²) in [5.74, 6) is 1.21. The predicted molar refractivity (Wildman–Crippen MR) is 132 cm³/mol. The highest BCUT2D eigenvalue weighted by atomic mass is 32.2. The zero-order valence-electron chi connectivity index (χ0n) is 19.1. The van der Waals surface area contributed by atoms with Crippen molar-refractivity contribution in [3.8, 4) is 11.5 Å². The largest absolute Gasteiger partial charge is 0.497 e. The summed E-state index contributed by atoms with van der Waals surface area (Å²) < 4.78 is 38.3. The van der Waals surface area contributed by atoms with Gasteiger partial charge in [0.05, 0.1) is 24.8 Å².